The van der Waals surface area contributed by atoms with Crippen molar-refractivity contribution in [2.45, 2.75) is 59.4 Å². The second-order valence-corrected chi connectivity index (χ2v) is 9.49. The van der Waals surface area contributed by atoms with Gasteiger partial charge in [0.15, 0.2) is 5.82 Å². The van der Waals surface area contributed by atoms with Crippen molar-refractivity contribution < 1.29 is 9.32 Å². The van der Waals surface area contributed by atoms with Gasteiger partial charge >= 0.3 is 0 Å². The van der Waals surface area contributed by atoms with Crippen molar-refractivity contribution in [2.75, 3.05) is 0 Å². The second-order valence-electron chi connectivity index (χ2n) is 8.65. The Morgan fingerprint density at radius 2 is 2.17 bits per heavy atom. The number of carbonyl (C=O) groups is 1. The Balaban J connectivity index is 1.63. The molecular weight excluding hydrogens is 423 g/mol. The summed E-state index contributed by atoms with van der Waals surface area (Å²) in [6.07, 6.45) is 3.00. The van der Waals surface area contributed by atoms with E-state index in [2.05, 4.69) is 34.3 Å². The molecule has 1 aromatic carbocycles. The normalized spacial score (nSPS) is 20.7. The molecule has 2 heterocycles. The minimum Gasteiger partial charge on any atom is -0.357 e. The van der Waals surface area contributed by atoms with Crippen LogP contribution in [0.25, 0.3) is 10.9 Å². The Morgan fingerprint density at radius 3 is 2.83 bits per heavy atom. The summed E-state index contributed by atoms with van der Waals surface area (Å²) in [6.45, 7) is 7.96. The van der Waals surface area contributed by atoms with Crippen LogP contribution in [0.5, 0.6) is 0 Å². The van der Waals surface area contributed by atoms with Crippen molar-refractivity contribution in [1.29, 1.82) is 0 Å². The van der Waals surface area contributed by atoms with Crippen LogP contribution in [0.15, 0.2) is 16.7 Å². The van der Waals surface area contributed by atoms with Gasteiger partial charge in [-0.25, -0.2) is 0 Å². The molecule has 1 aliphatic rings. The first-order valence-electron chi connectivity index (χ1n) is 10.3. The molecule has 160 valence electrons. The summed E-state index contributed by atoms with van der Waals surface area (Å²) in [5.41, 5.74) is 2.57. The fourth-order valence-electron chi connectivity index (χ4n) is 4.25. The van der Waals surface area contributed by atoms with E-state index >= 15 is 0 Å². The SMILES string of the molecule is CCC(C)[C@H](NC(=O)[C@]1(C)CCc2[nH]c3c(Cl)cc(Cl)cc3c2C1)c1nc(C)no1. The highest BCUT2D eigenvalue weighted by atomic mass is 35.5. The predicted octanol–water partition coefficient (Wildman–Crippen LogP) is 5.56. The minimum absolute atomic E-state index is 0.00298. The summed E-state index contributed by atoms with van der Waals surface area (Å²) in [7, 11) is 0. The van der Waals surface area contributed by atoms with Crippen molar-refractivity contribution in [1.82, 2.24) is 20.4 Å². The van der Waals surface area contributed by atoms with Gasteiger partial charge in [0.1, 0.15) is 6.04 Å². The Kier molecular flexibility index (Phi) is 5.58. The standard InChI is InChI=1S/C22H26Cl2N4O2/c1-5-11(2)18(20-25-12(3)28-30-20)27-21(29)22(4)7-6-17-15(10-22)14-8-13(23)9-16(24)19(14)26-17/h8-9,11,18,26H,5-7,10H2,1-4H3,(H,27,29)/t11?,18-,22+/m0/s1. The lowest BCUT2D eigenvalue weighted by Gasteiger charge is -2.34. The number of amides is 1. The fraction of sp³-hybridized carbons (Fsp3) is 0.500. The van der Waals surface area contributed by atoms with Crippen molar-refractivity contribution in [3.05, 3.63) is 45.2 Å². The number of aromatic amines is 1. The maximum Gasteiger partial charge on any atom is 0.249 e. The monoisotopic (exact) mass is 448 g/mol. The molecule has 4 rings (SSSR count). The zero-order chi connectivity index (χ0) is 21.6. The zero-order valence-electron chi connectivity index (χ0n) is 17.6. The molecule has 0 aliphatic heterocycles. The maximum atomic E-state index is 13.5. The first-order valence-corrected chi connectivity index (χ1v) is 11.1. The average molecular weight is 449 g/mol. The van der Waals surface area contributed by atoms with Gasteiger partial charge in [-0.05, 0) is 49.8 Å². The molecule has 8 heteroatoms. The highest BCUT2D eigenvalue weighted by Crippen LogP contribution is 2.42. The van der Waals surface area contributed by atoms with Gasteiger partial charge < -0.3 is 14.8 Å². The van der Waals surface area contributed by atoms with Gasteiger partial charge in [-0.1, -0.05) is 55.6 Å². The van der Waals surface area contributed by atoms with E-state index in [-0.39, 0.29) is 17.9 Å². The summed E-state index contributed by atoms with van der Waals surface area (Å²) < 4.78 is 5.39. The Hall–Kier alpha value is -2.05. The molecule has 3 aromatic rings. The number of fused-ring (bicyclic) bond motifs is 3. The third kappa shape index (κ3) is 3.71. The minimum atomic E-state index is -0.558. The van der Waals surface area contributed by atoms with Gasteiger partial charge in [0.25, 0.3) is 0 Å². The van der Waals surface area contributed by atoms with Crippen LogP contribution in [0, 0.1) is 18.3 Å². The number of hydrogen-bond donors (Lipinski definition) is 2. The molecule has 6 nitrogen and oxygen atoms in total. The highest BCUT2D eigenvalue weighted by molar-refractivity contribution is 6.38. The lowest BCUT2D eigenvalue weighted by atomic mass is 9.73. The third-order valence-electron chi connectivity index (χ3n) is 6.37. The van der Waals surface area contributed by atoms with E-state index in [1.54, 1.807) is 13.0 Å². The quantitative estimate of drug-likeness (QED) is 0.534. The van der Waals surface area contributed by atoms with E-state index in [9.17, 15) is 4.79 Å². The summed E-state index contributed by atoms with van der Waals surface area (Å²) in [6, 6.07) is 3.35. The largest absolute Gasteiger partial charge is 0.357 e. The molecule has 1 aliphatic carbocycles. The molecule has 0 bridgehead atoms. The molecule has 0 saturated heterocycles. The summed E-state index contributed by atoms with van der Waals surface area (Å²) in [5.74, 6) is 1.19. The fourth-order valence-corrected chi connectivity index (χ4v) is 4.79. The number of nitrogens with one attached hydrogen (secondary N) is 2. The van der Waals surface area contributed by atoms with Gasteiger partial charge in [0.2, 0.25) is 11.8 Å². The highest BCUT2D eigenvalue weighted by Gasteiger charge is 2.40. The molecular formula is C22H26Cl2N4O2. The molecule has 1 unspecified atom stereocenters. The maximum absolute atomic E-state index is 13.5. The molecule has 0 radical (unpaired) electrons. The van der Waals surface area contributed by atoms with Gasteiger partial charge in [-0.15, -0.1) is 0 Å². The summed E-state index contributed by atoms with van der Waals surface area (Å²) in [5, 5.41) is 9.29. The number of hydrogen-bond acceptors (Lipinski definition) is 4. The number of halogens is 2. The number of benzene rings is 1. The number of carbonyl (C=O) groups excluding carboxylic acids is 1. The number of nitrogens with zero attached hydrogens (tertiary/aromatic N) is 2. The lowest BCUT2D eigenvalue weighted by Crippen LogP contribution is -2.45. The molecule has 0 fully saturated rings. The number of aryl methyl sites for hydroxylation is 2. The van der Waals surface area contributed by atoms with Crippen LogP contribution in [0.4, 0.5) is 0 Å². The molecule has 2 N–H and O–H groups in total. The number of H-pyrrole nitrogens is 1. The Morgan fingerprint density at radius 1 is 1.40 bits per heavy atom. The average Bonchev–Trinajstić information content (AvgIpc) is 3.29. The van der Waals surface area contributed by atoms with Crippen molar-refractivity contribution >= 4 is 40.0 Å². The van der Waals surface area contributed by atoms with Crippen molar-refractivity contribution in [3.8, 4) is 0 Å². The summed E-state index contributed by atoms with van der Waals surface area (Å²) >= 11 is 12.6. The van der Waals surface area contributed by atoms with E-state index in [0.29, 0.717) is 28.2 Å². The zero-order valence-corrected chi connectivity index (χ0v) is 19.1. The smallest absolute Gasteiger partial charge is 0.249 e. The van der Waals surface area contributed by atoms with Gasteiger partial charge in [0.05, 0.1) is 16.0 Å². The second kappa shape index (κ2) is 7.89. The van der Waals surface area contributed by atoms with Crippen LogP contribution in [0.2, 0.25) is 10.0 Å². The Bertz CT molecular complexity index is 1110. The van der Waals surface area contributed by atoms with Gasteiger partial charge in [-0.3, -0.25) is 4.79 Å². The molecule has 30 heavy (non-hydrogen) atoms. The van der Waals surface area contributed by atoms with Crippen molar-refractivity contribution in [2.24, 2.45) is 11.3 Å². The van der Waals surface area contributed by atoms with Crippen molar-refractivity contribution in [3.63, 3.8) is 0 Å². The molecule has 2 aromatic heterocycles. The van der Waals surface area contributed by atoms with Crippen LogP contribution >= 0.6 is 23.2 Å². The molecule has 0 saturated carbocycles. The first-order chi connectivity index (χ1) is 14.2. The van der Waals surface area contributed by atoms with Crippen LogP contribution in [-0.4, -0.2) is 21.0 Å². The Labute approximate surface area is 185 Å². The number of rotatable bonds is 5. The van der Waals surface area contributed by atoms with Crippen LogP contribution < -0.4 is 5.32 Å². The van der Waals surface area contributed by atoms with Crippen LogP contribution in [0.1, 0.15) is 62.6 Å². The lowest BCUT2D eigenvalue weighted by molar-refractivity contribution is -0.132. The van der Waals surface area contributed by atoms with Crippen LogP contribution in [0.3, 0.4) is 0 Å². The van der Waals surface area contributed by atoms with E-state index in [1.165, 1.54) is 0 Å². The first kappa shape index (κ1) is 21.2. The van der Waals surface area contributed by atoms with Gasteiger partial charge in [0, 0.05) is 16.1 Å². The molecule has 0 spiro atoms. The third-order valence-corrected chi connectivity index (χ3v) is 6.89. The van der Waals surface area contributed by atoms with Gasteiger partial charge in [-0.2, -0.15) is 4.98 Å². The number of aromatic nitrogens is 3. The van der Waals surface area contributed by atoms with Crippen LogP contribution in [-0.2, 0) is 17.6 Å². The van der Waals surface area contributed by atoms with E-state index in [4.69, 9.17) is 27.7 Å². The van der Waals surface area contributed by atoms with E-state index in [0.717, 1.165) is 41.4 Å². The summed E-state index contributed by atoms with van der Waals surface area (Å²) in [4.78, 5) is 21.3. The topological polar surface area (TPSA) is 83.8 Å². The van der Waals surface area contributed by atoms with E-state index < -0.39 is 5.41 Å². The molecule has 1 amide bonds. The predicted molar refractivity (Wildman–Crippen MR) is 118 cm³/mol. The van der Waals surface area contributed by atoms with E-state index in [1.807, 2.05) is 13.0 Å². The molecule has 3 atom stereocenters.